The van der Waals surface area contributed by atoms with E-state index < -0.39 is 0 Å². The van der Waals surface area contributed by atoms with Crippen LogP contribution in [0.5, 0.6) is 5.75 Å². The van der Waals surface area contributed by atoms with Crippen molar-refractivity contribution < 1.29 is 9.47 Å². The summed E-state index contributed by atoms with van der Waals surface area (Å²) in [6, 6.07) is 6.15. The molecule has 2 atom stereocenters. The minimum absolute atomic E-state index is 0.125. The van der Waals surface area contributed by atoms with Gasteiger partial charge >= 0.3 is 0 Å². The molecule has 1 aliphatic rings. The fourth-order valence-electron chi connectivity index (χ4n) is 2.20. The highest BCUT2D eigenvalue weighted by atomic mass is 79.9. The van der Waals surface area contributed by atoms with Gasteiger partial charge in [0.1, 0.15) is 5.75 Å². The second-order valence-corrected chi connectivity index (χ2v) is 5.02. The van der Waals surface area contributed by atoms with Crippen molar-refractivity contribution in [1.82, 2.24) is 5.43 Å². The maximum Gasteiger partial charge on any atom is 0.133 e. The third kappa shape index (κ3) is 2.80. The summed E-state index contributed by atoms with van der Waals surface area (Å²) in [4.78, 5) is 0. The number of rotatable bonds is 4. The zero-order valence-corrected chi connectivity index (χ0v) is 11.4. The van der Waals surface area contributed by atoms with Gasteiger partial charge in [-0.1, -0.05) is 6.07 Å². The molecule has 0 amide bonds. The molecular formula is C12H17BrN2O2. The van der Waals surface area contributed by atoms with Crippen molar-refractivity contribution >= 4 is 15.9 Å². The van der Waals surface area contributed by atoms with E-state index in [1.807, 2.05) is 18.2 Å². The summed E-state index contributed by atoms with van der Waals surface area (Å²) in [5.74, 6) is 6.91. The van der Waals surface area contributed by atoms with Crippen molar-refractivity contribution in [3.63, 3.8) is 0 Å². The van der Waals surface area contributed by atoms with Crippen molar-refractivity contribution in [2.24, 2.45) is 11.8 Å². The van der Waals surface area contributed by atoms with Crippen molar-refractivity contribution in [3.05, 3.63) is 28.2 Å². The smallest absolute Gasteiger partial charge is 0.133 e. The van der Waals surface area contributed by atoms with Gasteiger partial charge in [0.2, 0.25) is 0 Å². The number of methoxy groups -OCH3 is 1. The minimum Gasteiger partial charge on any atom is -0.496 e. The average Bonchev–Trinajstić information content (AvgIpc) is 2.84. The molecule has 94 valence electrons. The Morgan fingerprint density at radius 1 is 1.59 bits per heavy atom. The summed E-state index contributed by atoms with van der Waals surface area (Å²) >= 11 is 3.49. The van der Waals surface area contributed by atoms with Gasteiger partial charge in [-0.15, -0.1) is 0 Å². The molecule has 2 rings (SSSR count). The van der Waals surface area contributed by atoms with E-state index in [4.69, 9.17) is 15.3 Å². The third-order valence-corrected chi connectivity index (χ3v) is 3.77. The lowest BCUT2D eigenvalue weighted by Gasteiger charge is -2.22. The van der Waals surface area contributed by atoms with Crippen LogP contribution in [0.25, 0.3) is 0 Å². The van der Waals surface area contributed by atoms with E-state index in [1.54, 1.807) is 7.11 Å². The standard InChI is InChI=1S/C12H17BrN2O2/c1-16-11-3-2-8(6-10(11)13)12(15-14)9-4-5-17-7-9/h2-3,6,9,12,15H,4-5,7,14H2,1H3. The Kier molecular flexibility index (Phi) is 4.39. The molecule has 1 heterocycles. The summed E-state index contributed by atoms with van der Waals surface area (Å²) < 4.78 is 11.6. The number of hydrogen-bond acceptors (Lipinski definition) is 4. The summed E-state index contributed by atoms with van der Waals surface area (Å²) in [7, 11) is 1.66. The van der Waals surface area contributed by atoms with Crippen LogP contribution in [-0.2, 0) is 4.74 Å². The quantitative estimate of drug-likeness (QED) is 0.660. The molecule has 1 saturated heterocycles. The maximum atomic E-state index is 5.65. The Morgan fingerprint density at radius 2 is 2.41 bits per heavy atom. The van der Waals surface area contributed by atoms with Gasteiger partial charge in [-0.05, 0) is 40.0 Å². The average molecular weight is 301 g/mol. The van der Waals surface area contributed by atoms with Crippen molar-refractivity contribution in [3.8, 4) is 5.75 Å². The molecule has 1 fully saturated rings. The molecule has 0 aromatic heterocycles. The molecule has 17 heavy (non-hydrogen) atoms. The topological polar surface area (TPSA) is 56.5 Å². The molecule has 0 radical (unpaired) electrons. The van der Waals surface area contributed by atoms with Gasteiger partial charge in [-0.2, -0.15) is 0 Å². The van der Waals surface area contributed by atoms with Crippen LogP contribution in [0.3, 0.4) is 0 Å². The molecule has 0 spiro atoms. The first-order chi connectivity index (χ1) is 8.26. The summed E-state index contributed by atoms with van der Waals surface area (Å²) in [6.07, 6.45) is 1.04. The number of halogens is 1. The first kappa shape index (κ1) is 12.8. The summed E-state index contributed by atoms with van der Waals surface area (Å²) in [5, 5.41) is 0. The fourth-order valence-corrected chi connectivity index (χ4v) is 2.75. The highest BCUT2D eigenvalue weighted by Gasteiger charge is 2.26. The SMILES string of the molecule is COc1ccc(C(NN)C2CCOC2)cc1Br. The van der Waals surface area contributed by atoms with Crippen LogP contribution in [0.2, 0.25) is 0 Å². The predicted octanol–water partition coefficient (Wildman–Crippen LogP) is 2.00. The molecule has 1 aromatic carbocycles. The van der Waals surface area contributed by atoms with Crippen molar-refractivity contribution in [1.29, 1.82) is 0 Å². The largest absolute Gasteiger partial charge is 0.496 e. The highest BCUT2D eigenvalue weighted by molar-refractivity contribution is 9.10. The number of nitrogens with one attached hydrogen (secondary N) is 1. The molecule has 0 bridgehead atoms. The second kappa shape index (κ2) is 5.82. The molecule has 4 nitrogen and oxygen atoms in total. The molecular weight excluding hydrogens is 284 g/mol. The minimum atomic E-state index is 0.125. The van der Waals surface area contributed by atoms with E-state index in [0.29, 0.717) is 5.92 Å². The van der Waals surface area contributed by atoms with Gasteiger partial charge in [0.25, 0.3) is 0 Å². The molecule has 0 aliphatic carbocycles. The molecule has 1 aromatic rings. The zero-order chi connectivity index (χ0) is 12.3. The molecule has 0 saturated carbocycles. The van der Waals surface area contributed by atoms with Crippen LogP contribution in [-0.4, -0.2) is 20.3 Å². The van der Waals surface area contributed by atoms with Gasteiger partial charge in [-0.3, -0.25) is 11.3 Å². The van der Waals surface area contributed by atoms with Gasteiger partial charge < -0.3 is 9.47 Å². The van der Waals surface area contributed by atoms with Crippen LogP contribution in [0.4, 0.5) is 0 Å². The number of nitrogens with two attached hydrogens (primary N) is 1. The van der Waals surface area contributed by atoms with E-state index >= 15 is 0 Å². The van der Waals surface area contributed by atoms with E-state index in [9.17, 15) is 0 Å². The Balaban J connectivity index is 2.21. The summed E-state index contributed by atoms with van der Waals surface area (Å²) in [5.41, 5.74) is 4.03. The maximum absolute atomic E-state index is 5.65. The Labute approximate surface area is 110 Å². The van der Waals surface area contributed by atoms with Gasteiger partial charge in [0.05, 0.1) is 24.2 Å². The van der Waals surface area contributed by atoms with E-state index in [1.165, 1.54) is 0 Å². The number of benzene rings is 1. The van der Waals surface area contributed by atoms with Gasteiger partial charge in [0, 0.05) is 12.5 Å². The van der Waals surface area contributed by atoms with E-state index in [2.05, 4.69) is 21.4 Å². The predicted molar refractivity (Wildman–Crippen MR) is 69.7 cm³/mol. The van der Waals surface area contributed by atoms with Gasteiger partial charge in [0.15, 0.2) is 0 Å². The van der Waals surface area contributed by atoms with Crippen molar-refractivity contribution in [2.45, 2.75) is 12.5 Å². The zero-order valence-electron chi connectivity index (χ0n) is 9.78. The lowest BCUT2D eigenvalue weighted by molar-refractivity contribution is 0.177. The number of hydrogen-bond donors (Lipinski definition) is 2. The Hall–Kier alpha value is -0.620. The molecule has 5 heteroatoms. The monoisotopic (exact) mass is 300 g/mol. The normalized spacial score (nSPS) is 21.5. The van der Waals surface area contributed by atoms with Gasteiger partial charge in [-0.25, -0.2) is 0 Å². The van der Waals surface area contributed by atoms with E-state index in [0.717, 1.165) is 35.4 Å². The number of ether oxygens (including phenoxy) is 2. The second-order valence-electron chi connectivity index (χ2n) is 4.16. The van der Waals surface area contributed by atoms with Crippen molar-refractivity contribution in [2.75, 3.05) is 20.3 Å². The van der Waals surface area contributed by atoms with E-state index in [-0.39, 0.29) is 6.04 Å². The fraction of sp³-hybridized carbons (Fsp3) is 0.500. The highest BCUT2D eigenvalue weighted by Crippen LogP contribution is 2.33. The number of hydrazine groups is 1. The van der Waals surface area contributed by atoms with Crippen LogP contribution < -0.4 is 16.0 Å². The van der Waals surface area contributed by atoms with Crippen LogP contribution >= 0.6 is 15.9 Å². The Morgan fingerprint density at radius 3 is 2.94 bits per heavy atom. The van der Waals surface area contributed by atoms with Crippen LogP contribution in [0.15, 0.2) is 22.7 Å². The summed E-state index contributed by atoms with van der Waals surface area (Å²) in [6.45, 7) is 1.58. The molecule has 3 N–H and O–H groups in total. The first-order valence-corrected chi connectivity index (χ1v) is 6.43. The lowest BCUT2D eigenvalue weighted by Crippen LogP contribution is -2.33. The first-order valence-electron chi connectivity index (χ1n) is 5.63. The Bertz CT molecular complexity index is 381. The van der Waals surface area contributed by atoms with Crippen LogP contribution in [0.1, 0.15) is 18.0 Å². The third-order valence-electron chi connectivity index (χ3n) is 3.15. The molecule has 2 unspecified atom stereocenters. The molecule has 1 aliphatic heterocycles. The lowest BCUT2D eigenvalue weighted by atomic mass is 9.93. The van der Waals surface area contributed by atoms with Crippen LogP contribution in [0, 0.1) is 5.92 Å².